The Morgan fingerprint density at radius 1 is 1.04 bits per heavy atom. The van der Waals surface area contributed by atoms with Gasteiger partial charge in [0, 0.05) is 32.5 Å². The van der Waals surface area contributed by atoms with Crippen LogP contribution in [-0.4, -0.2) is 12.5 Å². The Bertz CT molecular complexity index is 940. The lowest BCUT2D eigenvalue weighted by molar-refractivity contribution is 0.102. The first kappa shape index (κ1) is 20.3. The minimum Gasteiger partial charge on any atom is -0.494 e. The molecule has 0 bridgehead atoms. The summed E-state index contributed by atoms with van der Waals surface area (Å²) in [7, 11) is 0. The van der Waals surface area contributed by atoms with Crippen LogP contribution in [0.15, 0.2) is 71.6 Å². The fourth-order valence-corrected chi connectivity index (χ4v) is 3.66. The standard InChI is InChI=1S/C23H22ClNO2S/c1-3-27-22-13-6-17(23(26)25-20-9-4-16(2)5-10-20)14-18(22)15-28-21-11-7-19(24)8-12-21/h4-14H,3,15H2,1-2H3,(H,25,26). The highest BCUT2D eigenvalue weighted by Gasteiger charge is 2.12. The van der Waals surface area contributed by atoms with Crippen molar-refractivity contribution in [3.05, 3.63) is 88.4 Å². The lowest BCUT2D eigenvalue weighted by Crippen LogP contribution is -2.12. The molecule has 1 N–H and O–H groups in total. The predicted octanol–water partition coefficient (Wildman–Crippen LogP) is 6.59. The zero-order valence-corrected chi connectivity index (χ0v) is 17.4. The van der Waals surface area contributed by atoms with E-state index in [0.717, 1.165) is 27.5 Å². The first-order chi connectivity index (χ1) is 13.5. The van der Waals surface area contributed by atoms with Gasteiger partial charge in [0.15, 0.2) is 0 Å². The zero-order chi connectivity index (χ0) is 19.9. The second-order valence-corrected chi connectivity index (χ2v) is 7.80. The average molecular weight is 412 g/mol. The van der Waals surface area contributed by atoms with Crippen molar-refractivity contribution in [2.45, 2.75) is 24.5 Å². The molecule has 0 aromatic heterocycles. The third kappa shape index (κ3) is 5.54. The van der Waals surface area contributed by atoms with Crippen LogP contribution < -0.4 is 10.1 Å². The highest BCUT2D eigenvalue weighted by molar-refractivity contribution is 7.98. The van der Waals surface area contributed by atoms with Gasteiger partial charge in [0.25, 0.3) is 5.91 Å². The molecule has 0 fully saturated rings. The van der Waals surface area contributed by atoms with Gasteiger partial charge in [-0.15, -0.1) is 11.8 Å². The van der Waals surface area contributed by atoms with Gasteiger partial charge in [-0.05, 0) is 68.4 Å². The van der Waals surface area contributed by atoms with Crippen LogP contribution in [0, 0.1) is 6.92 Å². The predicted molar refractivity (Wildman–Crippen MR) is 118 cm³/mol. The van der Waals surface area contributed by atoms with E-state index in [1.807, 2.05) is 74.5 Å². The summed E-state index contributed by atoms with van der Waals surface area (Å²) in [5.74, 6) is 1.36. The Morgan fingerprint density at radius 3 is 2.43 bits per heavy atom. The second kappa shape index (κ2) is 9.67. The number of aryl methyl sites for hydroxylation is 1. The summed E-state index contributed by atoms with van der Waals surface area (Å²) in [4.78, 5) is 13.8. The Balaban J connectivity index is 1.76. The molecular formula is C23H22ClNO2S. The van der Waals surface area contributed by atoms with Crippen molar-refractivity contribution in [1.29, 1.82) is 0 Å². The second-order valence-electron chi connectivity index (χ2n) is 6.32. The molecular weight excluding hydrogens is 390 g/mol. The summed E-state index contributed by atoms with van der Waals surface area (Å²) in [5.41, 5.74) is 3.52. The fourth-order valence-electron chi connectivity index (χ4n) is 2.66. The number of carbonyl (C=O) groups excluding carboxylic acids is 1. The molecule has 0 spiro atoms. The van der Waals surface area contributed by atoms with Crippen LogP contribution in [0.5, 0.6) is 5.75 Å². The lowest BCUT2D eigenvalue weighted by Gasteiger charge is -2.13. The molecule has 0 saturated heterocycles. The van der Waals surface area contributed by atoms with E-state index < -0.39 is 0 Å². The van der Waals surface area contributed by atoms with Crippen molar-refractivity contribution in [1.82, 2.24) is 0 Å². The molecule has 0 heterocycles. The fraction of sp³-hybridized carbons (Fsp3) is 0.174. The number of ether oxygens (including phenoxy) is 1. The van der Waals surface area contributed by atoms with Crippen molar-refractivity contribution < 1.29 is 9.53 Å². The molecule has 3 nitrogen and oxygen atoms in total. The first-order valence-electron chi connectivity index (χ1n) is 9.07. The van der Waals surface area contributed by atoms with Gasteiger partial charge in [0.2, 0.25) is 0 Å². The molecule has 3 aromatic carbocycles. The summed E-state index contributed by atoms with van der Waals surface area (Å²) >= 11 is 7.63. The van der Waals surface area contributed by atoms with Crippen LogP contribution in [0.3, 0.4) is 0 Å². The van der Waals surface area contributed by atoms with Crippen molar-refractivity contribution in [3.63, 3.8) is 0 Å². The average Bonchev–Trinajstić information content (AvgIpc) is 2.70. The van der Waals surface area contributed by atoms with Gasteiger partial charge >= 0.3 is 0 Å². The molecule has 5 heteroatoms. The number of thioether (sulfide) groups is 1. The largest absolute Gasteiger partial charge is 0.494 e. The van der Waals surface area contributed by atoms with Crippen LogP contribution in [-0.2, 0) is 5.75 Å². The van der Waals surface area contributed by atoms with Gasteiger partial charge in [-0.2, -0.15) is 0 Å². The van der Waals surface area contributed by atoms with E-state index in [9.17, 15) is 4.79 Å². The molecule has 0 atom stereocenters. The van der Waals surface area contributed by atoms with Crippen LogP contribution in [0.25, 0.3) is 0 Å². The number of halogens is 1. The normalized spacial score (nSPS) is 10.5. The van der Waals surface area contributed by atoms with Gasteiger partial charge < -0.3 is 10.1 Å². The number of nitrogens with one attached hydrogen (secondary N) is 1. The summed E-state index contributed by atoms with van der Waals surface area (Å²) in [6, 6.07) is 21.0. The maximum absolute atomic E-state index is 12.7. The maximum Gasteiger partial charge on any atom is 0.255 e. The third-order valence-electron chi connectivity index (χ3n) is 4.14. The molecule has 0 aliphatic heterocycles. The minimum absolute atomic E-state index is 0.135. The van der Waals surface area contributed by atoms with E-state index in [4.69, 9.17) is 16.3 Å². The lowest BCUT2D eigenvalue weighted by atomic mass is 10.1. The summed E-state index contributed by atoms with van der Waals surface area (Å²) in [5, 5.41) is 3.66. The molecule has 0 aliphatic carbocycles. The molecule has 0 radical (unpaired) electrons. The first-order valence-corrected chi connectivity index (χ1v) is 10.4. The SMILES string of the molecule is CCOc1ccc(C(=O)Nc2ccc(C)cc2)cc1CSc1ccc(Cl)cc1. The number of rotatable bonds is 7. The van der Waals surface area contributed by atoms with Gasteiger partial charge in [0.05, 0.1) is 6.61 Å². The summed E-state index contributed by atoms with van der Waals surface area (Å²) in [6.07, 6.45) is 0. The van der Waals surface area contributed by atoms with Crippen LogP contribution in [0.4, 0.5) is 5.69 Å². The Hall–Kier alpha value is -2.43. The maximum atomic E-state index is 12.7. The summed E-state index contributed by atoms with van der Waals surface area (Å²) < 4.78 is 5.74. The van der Waals surface area contributed by atoms with Crippen molar-refractivity contribution in [3.8, 4) is 5.75 Å². The Kier molecular flexibility index (Phi) is 7.01. The number of anilines is 1. The van der Waals surface area contributed by atoms with Crippen LogP contribution >= 0.6 is 23.4 Å². The molecule has 1 amide bonds. The molecule has 0 saturated carbocycles. The molecule has 0 aliphatic rings. The van der Waals surface area contributed by atoms with E-state index in [1.165, 1.54) is 0 Å². The molecule has 3 rings (SSSR count). The van der Waals surface area contributed by atoms with E-state index in [-0.39, 0.29) is 5.91 Å². The molecule has 144 valence electrons. The number of benzene rings is 3. The Morgan fingerprint density at radius 2 is 1.75 bits per heavy atom. The van der Waals surface area contributed by atoms with Crippen molar-refractivity contribution >= 4 is 35.0 Å². The van der Waals surface area contributed by atoms with Gasteiger partial charge in [-0.1, -0.05) is 29.3 Å². The number of amides is 1. The van der Waals surface area contributed by atoms with Crippen molar-refractivity contribution in [2.24, 2.45) is 0 Å². The number of hydrogen-bond acceptors (Lipinski definition) is 3. The number of hydrogen-bond donors (Lipinski definition) is 1. The molecule has 3 aromatic rings. The minimum atomic E-state index is -0.135. The van der Waals surface area contributed by atoms with Crippen molar-refractivity contribution in [2.75, 3.05) is 11.9 Å². The van der Waals surface area contributed by atoms with Gasteiger partial charge in [-0.3, -0.25) is 4.79 Å². The smallest absolute Gasteiger partial charge is 0.255 e. The Labute approximate surface area is 175 Å². The zero-order valence-electron chi connectivity index (χ0n) is 15.9. The van der Waals surface area contributed by atoms with Gasteiger partial charge in [-0.25, -0.2) is 0 Å². The summed E-state index contributed by atoms with van der Waals surface area (Å²) in [6.45, 7) is 4.55. The van der Waals surface area contributed by atoms with E-state index in [1.54, 1.807) is 17.8 Å². The van der Waals surface area contributed by atoms with E-state index in [0.29, 0.717) is 22.9 Å². The molecule has 0 unspecified atom stereocenters. The highest BCUT2D eigenvalue weighted by Crippen LogP contribution is 2.30. The van der Waals surface area contributed by atoms with Gasteiger partial charge in [0.1, 0.15) is 5.75 Å². The number of carbonyl (C=O) groups is 1. The monoisotopic (exact) mass is 411 g/mol. The topological polar surface area (TPSA) is 38.3 Å². The highest BCUT2D eigenvalue weighted by atomic mass is 35.5. The molecule has 28 heavy (non-hydrogen) atoms. The van der Waals surface area contributed by atoms with Crippen LogP contribution in [0.2, 0.25) is 5.02 Å². The van der Waals surface area contributed by atoms with Crippen LogP contribution in [0.1, 0.15) is 28.4 Å². The van der Waals surface area contributed by atoms with E-state index >= 15 is 0 Å². The van der Waals surface area contributed by atoms with E-state index in [2.05, 4.69) is 5.32 Å². The quantitative estimate of drug-likeness (QED) is 0.445. The third-order valence-corrected chi connectivity index (χ3v) is 5.45.